The third-order valence-electron chi connectivity index (χ3n) is 2.53. The molecule has 1 fully saturated rings. The Labute approximate surface area is 82.1 Å². The van der Waals surface area contributed by atoms with Gasteiger partial charge in [0, 0.05) is 31.7 Å². The molecule has 1 saturated heterocycles. The molecule has 0 aliphatic carbocycles. The van der Waals surface area contributed by atoms with Gasteiger partial charge >= 0.3 is 0 Å². The van der Waals surface area contributed by atoms with Crippen molar-refractivity contribution in [2.24, 2.45) is 0 Å². The van der Waals surface area contributed by atoms with E-state index in [1.54, 1.807) is 0 Å². The Morgan fingerprint density at radius 2 is 2.17 bits per heavy atom. The lowest BCUT2D eigenvalue weighted by Crippen LogP contribution is -2.53. The smallest absolute Gasteiger partial charge is 0.0221 e. The molecule has 0 aromatic rings. The van der Waals surface area contributed by atoms with Crippen LogP contribution >= 0.6 is 12.4 Å². The summed E-state index contributed by atoms with van der Waals surface area (Å²) in [6.07, 6.45) is 1.27. The summed E-state index contributed by atoms with van der Waals surface area (Å²) in [6.45, 7) is 10.4. The van der Waals surface area contributed by atoms with E-state index in [0.717, 1.165) is 12.6 Å². The van der Waals surface area contributed by atoms with Crippen molar-refractivity contribution < 1.29 is 0 Å². The average molecular weight is 193 g/mol. The molecule has 0 radical (unpaired) electrons. The molecule has 3 heteroatoms. The Morgan fingerprint density at radius 3 is 2.58 bits per heavy atom. The Morgan fingerprint density at radius 1 is 1.50 bits per heavy atom. The van der Waals surface area contributed by atoms with Crippen molar-refractivity contribution in [3.8, 4) is 0 Å². The van der Waals surface area contributed by atoms with Gasteiger partial charge in [0.25, 0.3) is 0 Å². The summed E-state index contributed by atoms with van der Waals surface area (Å²) in [5, 5.41) is 3.43. The van der Waals surface area contributed by atoms with Gasteiger partial charge in [-0.25, -0.2) is 0 Å². The second-order valence-corrected chi connectivity index (χ2v) is 3.60. The molecule has 0 amide bonds. The van der Waals surface area contributed by atoms with E-state index >= 15 is 0 Å². The van der Waals surface area contributed by atoms with Gasteiger partial charge in [-0.1, -0.05) is 6.92 Å². The maximum atomic E-state index is 3.43. The van der Waals surface area contributed by atoms with Crippen LogP contribution in [0.15, 0.2) is 0 Å². The number of halogens is 1. The first-order valence-electron chi connectivity index (χ1n) is 4.72. The van der Waals surface area contributed by atoms with Crippen molar-refractivity contribution in [2.45, 2.75) is 39.3 Å². The van der Waals surface area contributed by atoms with Gasteiger partial charge in [-0.2, -0.15) is 0 Å². The minimum Gasteiger partial charge on any atom is -0.314 e. The van der Waals surface area contributed by atoms with E-state index in [4.69, 9.17) is 0 Å². The van der Waals surface area contributed by atoms with Crippen LogP contribution in [0.4, 0.5) is 0 Å². The SMILES string of the molecule is CCC1CNCCN1C(C)C.Cl. The molecule has 1 aliphatic heterocycles. The van der Waals surface area contributed by atoms with Crippen LogP contribution in [-0.2, 0) is 0 Å². The van der Waals surface area contributed by atoms with Crippen molar-refractivity contribution in [3.63, 3.8) is 0 Å². The van der Waals surface area contributed by atoms with Crippen LogP contribution in [0.3, 0.4) is 0 Å². The molecule has 1 rings (SSSR count). The Hall–Kier alpha value is 0.210. The molecule has 0 aromatic carbocycles. The zero-order chi connectivity index (χ0) is 8.27. The van der Waals surface area contributed by atoms with Crippen LogP contribution in [0.2, 0.25) is 0 Å². The molecule has 1 atom stereocenters. The second-order valence-electron chi connectivity index (χ2n) is 3.60. The molecule has 0 saturated carbocycles. The van der Waals surface area contributed by atoms with Gasteiger partial charge in [0.2, 0.25) is 0 Å². The highest BCUT2D eigenvalue weighted by Crippen LogP contribution is 2.10. The lowest BCUT2D eigenvalue weighted by molar-refractivity contribution is 0.120. The molecule has 74 valence electrons. The highest BCUT2D eigenvalue weighted by molar-refractivity contribution is 5.85. The molecule has 0 bridgehead atoms. The topological polar surface area (TPSA) is 15.3 Å². The maximum Gasteiger partial charge on any atom is 0.0221 e. The van der Waals surface area contributed by atoms with Crippen LogP contribution in [0.25, 0.3) is 0 Å². The standard InChI is InChI=1S/C9H20N2.ClH/c1-4-9-7-10-5-6-11(9)8(2)3;/h8-10H,4-7H2,1-3H3;1H. The summed E-state index contributed by atoms with van der Waals surface area (Å²) in [5.41, 5.74) is 0. The van der Waals surface area contributed by atoms with E-state index in [-0.39, 0.29) is 12.4 Å². The van der Waals surface area contributed by atoms with E-state index in [1.165, 1.54) is 19.5 Å². The summed E-state index contributed by atoms with van der Waals surface area (Å²) in [4.78, 5) is 2.59. The summed E-state index contributed by atoms with van der Waals surface area (Å²) >= 11 is 0. The van der Waals surface area contributed by atoms with E-state index in [0.29, 0.717) is 6.04 Å². The minimum atomic E-state index is 0. The average Bonchev–Trinajstić information content (AvgIpc) is 2.04. The molecule has 2 nitrogen and oxygen atoms in total. The summed E-state index contributed by atoms with van der Waals surface area (Å²) in [5.74, 6) is 0. The summed E-state index contributed by atoms with van der Waals surface area (Å²) < 4.78 is 0. The predicted molar refractivity (Wildman–Crippen MR) is 56.0 cm³/mol. The number of rotatable bonds is 2. The van der Waals surface area contributed by atoms with Crippen molar-refractivity contribution in [2.75, 3.05) is 19.6 Å². The number of hydrogen-bond donors (Lipinski definition) is 1. The van der Waals surface area contributed by atoms with Crippen molar-refractivity contribution in [1.29, 1.82) is 0 Å². The maximum absolute atomic E-state index is 3.43. The normalized spacial score (nSPS) is 25.5. The van der Waals surface area contributed by atoms with Gasteiger partial charge in [0.05, 0.1) is 0 Å². The Bertz CT molecular complexity index is 117. The molecule has 0 spiro atoms. The zero-order valence-corrected chi connectivity index (χ0v) is 9.16. The molecule has 1 N–H and O–H groups in total. The first kappa shape index (κ1) is 12.2. The first-order chi connectivity index (χ1) is 5.25. The highest BCUT2D eigenvalue weighted by Gasteiger charge is 2.21. The third kappa shape index (κ3) is 2.92. The zero-order valence-electron chi connectivity index (χ0n) is 8.34. The molecule has 12 heavy (non-hydrogen) atoms. The fourth-order valence-electron chi connectivity index (χ4n) is 1.84. The largest absolute Gasteiger partial charge is 0.314 e. The van der Waals surface area contributed by atoms with Crippen molar-refractivity contribution in [1.82, 2.24) is 10.2 Å². The first-order valence-corrected chi connectivity index (χ1v) is 4.72. The molecular formula is C9H21ClN2. The predicted octanol–water partition coefficient (Wildman–Crippen LogP) is 1.50. The van der Waals surface area contributed by atoms with Crippen molar-refractivity contribution in [3.05, 3.63) is 0 Å². The van der Waals surface area contributed by atoms with Crippen LogP contribution in [0.1, 0.15) is 27.2 Å². The van der Waals surface area contributed by atoms with E-state index in [2.05, 4.69) is 31.0 Å². The molecular weight excluding hydrogens is 172 g/mol. The van der Waals surface area contributed by atoms with Gasteiger partial charge in [-0.15, -0.1) is 12.4 Å². The molecule has 1 heterocycles. The molecule has 1 unspecified atom stereocenters. The minimum absolute atomic E-state index is 0. The lowest BCUT2D eigenvalue weighted by Gasteiger charge is -2.38. The van der Waals surface area contributed by atoms with Gasteiger partial charge < -0.3 is 5.32 Å². The van der Waals surface area contributed by atoms with Crippen LogP contribution in [-0.4, -0.2) is 36.6 Å². The molecule has 1 aliphatic rings. The Kier molecular flexibility index (Phi) is 5.89. The number of nitrogens with one attached hydrogen (secondary N) is 1. The van der Waals surface area contributed by atoms with E-state index in [1.807, 2.05) is 0 Å². The molecule has 0 aromatic heterocycles. The van der Waals surface area contributed by atoms with Gasteiger partial charge in [-0.05, 0) is 20.3 Å². The van der Waals surface area contributed by atoms with Gasteiger partial charge in [0.1, 0.15) is 0 Å². The fourth-order valence-corrected chi connectivity index (χ4v) is 1.84. The quantitative estimate of drug-likeness (QED) is 0.714. The van der Waals surface area contributed by atoms with Crippen LogP contribution in [0.5, 0.6) is 0 Å². The van der Waals surface area contributed by atoms with Crippen LogP contribution in [0, 0.1) is 0 Å². The van der Waals surface area contributed by atoms with E-state index < -0.39 is 0 Å². The number of piperazine rings is 1. The monoisotopic (exact) mass is 192 g/mol. The van der Waals surface area contributed by atoms with E-state index in [9.17, 15) is 0 Å². The number of nitrogens with zero attached hydrogens (tertiary/aromatic N) is 1. The van der Waals surface area contributed by atoms with Gasteiger partial charge in [-0.3, -0.25) is 4.90 Å². The van der Waals surface area contributed by atoms with Crippen LogP contribution < -0.4 is 5.32 Å². The third-order valence-corrected chi connectivity index (χ3v) is 2.53. The second kappa shape index (κ2) is 5.79. The fraction of sp³-hybridized carbons (Fsp3) is 1.00. The summed E-state index contributed by atoms with van der Waals surface area (Å²) in [7, 11) is 0. The summed E-state index contributed by atoms with van der Waals surface area (Å²) in [6, 6.07) is 1.48. The highest BCUT2D eigenvalue weighted by atomic mass is 35.5. The lowest BCUT2D eigenvalue weighted by atomic mass is 10.1. The Balaban J connectivity index is 0.00000121. The van der Waals surface area contributed by atoms with Crippen molar-refractivity contribution >= 4 is 12.4 Å². The van der Waals surface area contributed by atoms with Gasteiger partial charge in [0.15, 0.2) is 0 Å². The number of hydrogen-bond acceptors (Lipinski definition) is 2.